The zero-order chi connectivity index (χ0) is 12.3. The average molecular weight is 232 g/mol. The van der Waals surface area contributed by atoms with Crippen LogP contribution in [-0.4, -0.2) is 21.3 Å². The maximum absolute atomic E-state index is 9.09. The van der Waals surface area contributed by atoms with Gasteiger partial charge in [-0.05, 0) is 24.5 Å². The van der Waals surface area contributed by atoms with Gasteiger partial charge < -0.3 is 9.67 Å². The molecule has 0 spiro atoms. The molecule has 3 heteroatoms. The zero-order valence-electron chi connectivity index (χ0n) is 10.6. The predicted octanol–water partition coefficient (Wildman–Crippen LogP) is 2.62. The molecule has 2 aromatic rings. The number of benzene rings is 1. The van der Waals surface area contributed by atoms with Gasteiger partial charge in [-0.15, -0.1) is 0 Å². The van der Waals surface area contributed by atoms with Crippen LogP contribution in [0.3, 0.4) is 0 Å². The number of hydrogen-bond donors (Lipinski definition) is 1. The minimum atomic E-state index is 0.158. The van der Waals surface area contributed by atoms with Gasteiger partial charge in [0.1, 0.15) is 5.82 Å². The van der Waals surface area contributed by atoms with Crippen LogP contribution in [0.15, 0.2) is 24.3 Å². The van der Waals surface area contributed by atoms with E-state index < -0.39 is 0 Å². The predicted molar refractivity (Wildman–Crippen MR) is 70.0 cm³/mol. The number of rotatable bonds is 5. The number of aliphatic hydroxyl groups excluding tert-OH is 1. The van der Waals surface area contributed by atoms with Crippen molar-refractivity contribution in [2.24, 2.45) is 5.92 Å². The van der Waals surface area contributed by atoms with Crippen LogP contribution in [0.4, 0.5) is 0 Å². The summed E-state index contributed by atoms with van der Waals surface area (Å²) in [5.41, 5.74) is 2.20. The third-order valence-corrected chi connectivity index (χ3v) is 3.00. The molecule has 1 aromatic carbocycles. The normalized spacial score (nSPS) is 11.5. The Kier molecular flexibility index (Phi) is 3.79. The first-order valence-corrected chi connectivity index (χ1v) is 6.27. The van der Waals surface area contributed by atoms with Crippen LogP contribution in [0.25, 0.3) is 11.0 Å². The summed E-state index contributed by atoms with van der Waals surface area (Å²) in [7, 11) is 0. The molecule has 0 saturated carbocycles. The van der Waals surface area contributed by atoms with E-state index in [-0.39, 0.29) is 6.61 Å². The Morgan fingerprint density at radius 1 is 1.29 bits per heavy atom. The Labute approximate surface area is 102 Å². The smallest absolute Gasteiger partial charge is 0.112 e. The number of imidazole rings is 1. The number of aromatic nitrogens is 2. The molecule has 1 heterocycles. The summed E-state index contributed by atoms with van der Waals surface area (Å²) in [5.74, 6) is 1.67. The topological polar surface area (TPSA) is 38.0 Å². The Balaban J connectivity index is 2.37. The second-order valence-electron chi connectivity index (χ2n) is 4.82. The SMILES string of the molecule is CC(C)CCn1c(CCO)nc2ccccc21. The first-order valence-electron chi connectivity index (χ1n) is 6.27. The molecule has 0 bridgehead atoms. The van der Waals surface area contributed by atoms with Gasteiger partial charge in [-0.3, -0.25) is 0 Å². The molecule has 1 aromatic heterocycles. The molecule has 0 unspecified atom stereocenters. The van der Waals surface area contributed by atoms with Gasteiger partial charge in [0.05, 0.1) is 17.6 Å². The molecule has 0 radical (unpaired) electrons. The Bertz CT molecular complexity index is 488. The van der Waals surface area contributed by atoms with Crippen LogP contribution in [0, 0.1) is 5.92 Å². The van der Waals surface area contributed by atoms with Crippen LogP contribution in [-0.2, 0) is 13.0 Å². The summed E-state index contributed by atoms with van der Waals surface area (Å²) in [6.45, 7) is 5.59. The largest absolute Gasteiger partial charge is 0.396 e. The third kappa shape index (κ3) is 2.67. The van der Waals surface area contributed by atoms with Crippen molar-refractivity contribution < 1.29 is 5.11 Å². The van der Waals surface area contributed by atoms with Gasteiger partial charge in [0.25, 0.3) is 0 Å². The van der Waals surface area contributed by atoms with Crippen LogP contribution in [0.2, 0.25) is 0 Å². The molecule has 0 atom stereocenters. The lowest BCUT2D eigenvalue weighted by Crippen LogP contribution is -2.07. The van der Waals surface area contributed by atoms with Gasteiger partial charge in [0, 0.05) is 13.0 Å². The van der Waals surface area contributed by atoms with E-state index in [9.17, 15) is 0 Å². The maximum Gasteiger partial charge on any atom is 0.112 e. The molecule has 0 saturated heterocycles. The highest BCUT2D eigenvalue weighted by atomic mass is 16.3. The van der Waals surface area contributed by atoms with Crippen molar-refractivity contribution in [3.63, 3.8) is 0 Å². The van der Waals surface area contributed by atoms with Crippen molar-refractivity contribution in [3.05, 3.63) is 30.1 Å². The van der Waals surface area contributed by atoms with E-state index >= 15 is 0 Å². The number of hydrogen-bond acceptors (Lipinski definition) is 2. The fourth-order valence-corrected chi connectivity index (χ4v) is 2.05. The van der Waals surface area contributed by atoms with Crippen molar-refractivity contribution in [2.45, 2.75) is 33.2 Å². The van der Waals surface area contributed by atoms with Crippen LogP contribution in [0.1, 0.15) is 26.1 Å². The molecule has 1 N–H and O–H groups in total. The average Bonchev–Trinajstić information content (AvgIpc) is 2.64. The van der Waals surface area contributed by atoms with E-state index in [0.717, 1.165) is 24.3 Å². The standard InChI is InChI=1S/C14H20N2O/c1-11(2)7-9-16-13-6-4-3-5-12(13)15-14(16)8-10-17/h3-6,11,17H,7-10H2,1-2H3. The third-order valence-electron chi connectivity index (χ3n) is 3.00. The first kappa shape index (κ1) is 12.1. The van der Waals surface area contributed by atoms with Gasteiger partial charge in [-0.25, -0.2) is 4.98 Å². The summed E-state index contributed by atoms with van der Waals surface area (Å²) in [5, 5.41) is 9.09. The summed E-state index contributed by atoms with van der Waals surface area (Å²) >= 11 is 0. The summed E-state index contributed by atoms with van der Waals surface area (Å²) in [6.07, 6.45) is 1.77. The lowest BCUT2D eigenvalue weighted by Gasteiger charge is -2.10. The number of fused-ring (bicyclic) bond motifs is 1. The number of aryl methyl sites for hydroxylation is 1. The maximum atomic E-state index is 9.09. The molecule has 2 rings (SSSR count). The van der Waals surface area contributed by atoms with Crippen LogP contribution in [0.5, 0.6) is 0 Å². The van der Waals surface area contributed by atoms with E-state index in [0.29, 0.717) is 12.3 Å². The Morgan fingerprint density at radius 3 is 2.76 bits per heavy atom. The Morgan fingerprint density at radius 2 is 2.06 bits per heavy atom. The molecule has 3 nitrogen and oxygen atoms in total. The number of nitrogens with zero attached hydrogens (tertiary/aromatic N) is 2. The highest BCUT2D eigenvalue weighted by molar-refractivity contribution is 5.75. The highest BCUT2D eigenvalue weighted by Crippen LogP contribution is 2.18. The van der Waals surface area contributed by atoms with Gasteiger partial charge in [0.2, 0.25) is 0 Å². The van der Waals surface area contributed by atoms with Gasteiger partial charge in [0.15, 0.2) is 0 Å². The molecule has 17 heavy (non-hydrogen) atoms. The second kappa shape index (κ2) is 5.32. The molecule has 0 aliphatic rings. The van der Waals surface area contributed by atoms with Gasteiger partial charge in [-0.2, -0.15) is 0 Å². The number of para-hydroxylation sites is 2. The molecule has 92 valence electrons. The van der Waals surface area contributed by atoms with Crippen LogP contribution >= 0.6 is 0 Å². The summed E-state index contributed by atoms with van der Waals surface area (Å²) in [6, 6.07) is 8.18. The Hall–Kier alpha value is -1.35. The van der Waals surface area contributed by atoms with Crippen molar-refractivity contribution in [1.82, 2.24) is 9.55 Å². The minimum absolute atomic E-state index is 0.158. The van der Waals surface area contributed by atoms with Crippen molar-refractivity contribution in [1.29, 1.82) is 0 Å². The molecular weight excluding hydrogens is 212 g/mol. The number of aliphatic hydroxyl groups is 1. The minimum Gasteiger partial charge on any atom is -0.396 e. The van der Waals surface area contributed by atoms with E-state index in [1.807, 2.05) is 18.2 Å². The lowest BCUT2D eigenvalue weighted by atomic mass is 10.1. The fraction of sp³-hybridized carbons (Fsp3) is 0.500. The lowest BCUT2D eigenvalue weighted by molar-refractivity contribution is 0.294. The zero-order valence-corrected chi connectivity index (χ0v) is 10.6. The quantitative estimate of drug-likeness (QED) is 0.860. The van der Waals surface area contributed by atoms with E-state index in [1.54, 1.807) is 0 Å². The molecule has 0 aliphatic carbocycles. The highest BCUT2D eigenvalue weighted by Gasteiger charge is 2.09. The first-order chi connectivity index (χ1) is 8.22. The summed E-state index contributed by atoms with van der Waals surface area (Å²) < 4.78 is 2.24. The van der Waals surface area contributed by atoms with Crippen molar-refractivity contribution in [2.75, 3.05) is 6.61 Å². The summed E-state index contributed by atoms with van der Waals surface area (Å²) in [4.78, 5) is 4.58. The molecule has 0 aliphatic heterocycles. The van der Waals surface area contributed by atoms with E-state index in [2.05, 4.69) is 29.5 Å². The van der Waals surface area contributed by atoms with Crippen molar-refractivity contribution in [3.8, 4) is 0 Å². The molecule has 0 fully saturated rings. The van der Waals surface area contributed by atoms with Crippen LogP contribution < -0.4 is 0 Å². The van der Waals surface area contributed by atoms with Gasteiger partial charge in [-0.1, -0.05) is 26.0 Å². The second-order valence-corrected chi connectivity index (χ2v) is 4.82. The monoisotopic (exact) mass is 232 g/mol. The van der Waals surface area contributed by atoms with Crippen molar-refractivity contribution >= 4 is 11.0 Å². The molecule has 0 amide bonds. The molecular formula is C14H20N2O. The van der Waals surface area contributed by atoms with E-state index in [4.69, 9.17) is 5.11 Å². The van der Waals surface area contributed by atoms with Gasteiger partial charge >= 0.3 is 0 Å². The van der Waals surface area contributed by atoms with E-state index in [1.165, 1.54) is 5.52 Å². The fourth-order valence-electron chi connectivity index (χ4n) is 2.05.